The molecule has 1 aromatic heterocycles. The van der Waals surface area contributed by atoms with Gasteiger partial charge in [0.05, 0.1) is 16.2 Å². The molecule has 0 unspecified atom stereocenters. The van der Waals surface area contributed by atoms with E-state index in [1.54, 1.807) is 12.3 Å². The van der Waals surface area contributed by atoms with E-state index < -0.39 is 0 Å². The van der Waals surface area contributed by atoms with Gasteiger partial charge in [0, 0.05) is 5.69 Å². The van der Waals surface area contributed by atoms with Gasteiger partial charge in [0.2, 0.25) is 0 Å². The third-order valence-electron chi connectivity index (χ3n) is 2.54. The highest BCUT2D eigenvalue weighted by molar-refractivity contribution is 6.42. The van der Waals surface area contributed by atoms with Crippen molar-refractivity contribution in [3.63, 3.8) is 0 Å². The monoisotopic (exact) mass is 284 g/mol. The van der Waals surface area contributed by atoms with Crippen LogP contribution in [0, 0.1) is 0 Å². The van der Waals surface area contributed by atoms with Gasteiger partial charge in [-0.1, -0.05) is 44.0 Å². The summed E-state index contributed by atoms with van der Waals surface area (Å²) in [6, 6.07) is 4.09. The Labute approximate surface area is 116 Å². The number of anilines is 2. The third kappa shape index (κ3) is 2.79. The van der Waals surface area contributed by atoms with Crippen LogP contribution >= 0.6 is 23.2 Å². The van der Waals surface area contributed by atoms with Crippen molar-refractivity contribution in [2.75, 3.05) is 5.32 Å². The normalized spacial score (nSPS) is 11.6. The lowest BCUT2D eigenvalue weighted by Crippen LogP contribution is -2.14. The number of halogens is 2. The number of benzene rings is 1. The molecule has 2 aromatic rings. The van der Waals surface area contributed by atoms with Crippen LogP contribution in [0.25, 0.3) is 0 Å². The molecular formula is C13H14Cl2N2O. The molecule has 0 fully saturated rings. The van der Waals surface area contributed by atoms with Gasteiger partial charge in [0.15, 0.2) is 0 Å². The van der Waals surface area contributed by atoms with Crippen molar-refractivity contribution < 1.29 is 4.42 Å². The zero-order valence-corrected chi connectivity index (χ0v) is 11.9. The zero-order chi connectivity index (χ0) is 13.3. The maximum atomic E-state index is 6.07. The Hall–Kier alpha value is -1.19. The molecule has 1 heterocycles. The quantitative estimate of drug-likeness (QED) is 0.841. The van der Waals surface area contributed by atoms with Crippen LogP contribution in [0.4, 0.5) is 11.7 Å². The summed E-state index contributed by atoms with van der Waals surface area (Å²) < 4.78 is 5.18. The summed E-state index contributed by atoms with van der Waals surface area (Å²) in [7, 11) is 0. The smallest absolute Gasteiger partial charge is 0.299 e. The van der Waals surface area contributed by atoms with E-state index in [0.29, 0.717) is 16.1 Å². The number of oxazole rings is 1. The standard InChI is InChI=1S/C13H14Cl2N2O/c1-13(2,3)8-6-9(14)10(15)7-11(8)17-12-16-4-5-18-12/h4-7H,1-3H3,(H,16,17). The minimum atomic E-state index is -0.0663. The number of hydrogen-bond acceptors (Lipinski definition) is 3. The minimum absolute atomic E-state index is 0.0663. The lowest BCUT2D eigenvalue weighted by Gasteiger charge is -2.23. The maximum Gasteiger partial charge on any atom is 0.299 e. The van der Waals surface area contributed by atoms with Crippen LogP contribution in [0.5, 0.6) is 0 Å². The molecule has 96 valence electrons. The zero-order valence-electron chi connectivity index (χ0n) is 10.4. The predicted molar refractivity (Wildman–Crippen MR) is 74.9 cm³/mol. The molecule has 0 spiro atoms. The number of rotatable bonds is 2. The van der Waals surface area contributed by atoms with E-state index >= 15 is 0 Å². The summed E-state index contributed by atoms with van der Waals surface area (Å²) in [5.74, 6) is 0. The Bertz CT molecular complexity index is 545. The summed E-state index contributed by atoms with van der Waals surface area (Å²) in [4.78, 5) is 4.03. The van der Waals surface area contributed by atoms with Crippen LogP contribution in [0.2, 0.25) is 10.0 Å². The van der Waals surface area contributed by atoms with Crippen molar-refractivity contribution in [1.82, 2.24) is 4.98 Å². The average Bonchev–Trinajstić information content (AvgIpc) is 2.74. The maximum absolute atomic E-state index is 6.07. The SMILES string of the molecule is CC(C)(C)c1cc(Cl)c(Cl)cc1Nc1ncco1. The van der Waals surface area contributed by atoms with Gasteiger partial charge in [0.25, 0.3) is 6.01 Å². The molecule has 0 bridgehead atoms. The van der Waals surface area contributed by atoms with Gasteiger partial charge in [-0.3, -0.25) is 0 Å². The van der Waals surface area contributed by atoms with Crippen LogP contribution < -0.4 is 5.32 Å². The highest BCUT2D eigenvalue weighted by Crippen LogP contribution is 2.37. The van der Waals surface area contributed by atoms with E-state index in [9.17, 15) is 0 Å². The van der Waals surface area contributed by atoms with Crippen molar-refractivity contribution in [1.29, 1.82) is 0 Å². The summed E-state index contributed by atoms with van der Waals surface area (Å²) >= 11 is 12.1. The predicted octanol–water partition coefficient (Wildman–Crippen LogP) is 5.02. The topological polar surface area (TPSA) is 38.1 Å². The Morgan fingerprint density at radius 3 is 2.39 bits per heavy atom. The molecule has 0 aliphatic rings. The number of aromatic nitrogens is 1. The second-order valence-electron chi connectivity index (χ2n) is 5.02. The van der Waals surface area contributed by atoms with E-state index in [0.717, 1.165) is 11.3 Å². The van der Waals surface area contributed by atoms with Gasteiger partial charge >= 0.3 is 0 Å². The van der Waals surface area contributed by atoms with E-state index in [1.165, 1.54) is 6.26 Å². The van der Waals surface area contributed by atoms with Crippen molar-refractivity contribution in [2.45, 2.75) is 26.2 Å². The molecule has 18 heavy (non-hydrogen) atoms. The van der Waals surface area contributed by atoms with Gasteiger partial charge < -0.3 is 9.73 Å². The number of hydrogen-bond donors (Lipinski definition) is 1. The number of nitrogens with zero attached hydrogens (tertiary/aromatic N) is 1. The van der Waals surface area contributed by atoms with Gasteiger partial charge in [0.1, 0.15) is 6.26 Å². The van der Waals surface area contributed by atoms with E-state index in [4.69, 9.17) is 27.6 Å². The van der Waals surface area contributed by atoms with Crippen molar-refractivity contribution >= 4 is 34.9 Å². The molecule has 0 saturated heterocycles. The fourth-order valence-corrected chi connectivity index (χ4v) is 2.00. The third-order valence-corrected chi connectivity index (χ3v) is 3.26. The fourth-order valence-electron chi connectivity index (χ4n) is 1.67. The van der Waals surface area contributed by atoms with Crippen molar-refractivity contribution in [3.05, 3.63) is 40.2 Å². The van der Waals surface area contributed by atoms with E-state index in [1.807, 2.05) is 6.07 Å². The average molecular weight is 285 g/mol. The number of nitrogens with one attached hydrogen (secondary N) is 1. The molecule has 1 aromatic carbocycles. The highest BCUT2D eigenvalue weighted by Gasteiger charge is 2.20. The van der Waals surface area contributed by atoms with Crippen LogP contribution in [0.3, 0.4) is 0 Å². The fraction of sp³-hybridized carbons (Fsp3) is 0.308. The molecule has 1 N–H and O–H groups in total. The molecule has 3 nitrogen and oxygen atoms in total. The van der Waals surface area contributed by atoms with E-state index in [2.05, 4.69) is 31.1 Å². The molecule has 0 radical (unpaired) electrons. The van der Waals surface area contributed by atoms with Crippen molar-refractivity contribution in [2.24, 2.45) is 0 Å². The van der Waals surface area contributed by atoms with Gasteiger partial charge in [-0.2, -0.15) is 0 Å². The van der Waals surface area contributed by atoms with Crippen LogP contribution in [-0.4, -0.2) is 4.98 Å². The van der Waals surface area contributed by atoms with Gasteiger partial charge in [-0.05, 0) is 23.1 Å². The van der Waals surface area contributed by atoms with E-state index in [-0.39, 0.29) is 5.41 Å². The Kier molecular flexibility index (Phi) is 3.55. The first kappa shape index (κ1) is 13.2. The lowest BCUT2D eigenvalue weighted by atomic mass is 9.86. The molecule has 2 rings (SSSR count). The Morgan fingerprint density at radius 1 is 1.17 bits per heavy atom. The summed E-state index contributed by atoms with van der Waals surface area (Å²) in [5, 5.41) is 4.15. The van der Waals surface area contributed by atoms with Gasteiger partial charge in [-0.25, -0.2) is 4.98 Å². The molecule has 0 aliphatic heterocycles. The lowest BCUT2D eigenvalue weighted by molar-refractivity contribution is 0.573. The molecule has 0 amide bonds. The summed E-state index contributed by atoms with van der Waals surface area (Å²) in [5.41, 5.74) is 1.83. The Balaban J connectivity index is 2.47. The van der Waals surface area contributed by atoms with Crippen LogP contribution in [0.15, 0.2) is 29.0 Å². The highest BCUT2D eigenvalue weighted by atomic mass is 35.5. The molecular weight excluding hydrogens is 271 g/mol. The molecule has 0 aliphatic carbocycles. The molecule has 0 saturated carbocycles. The molecule has 0 atom stereocenters. The molecule has 5 heteroatoms. The second kappa shape index (κ2) is 4.82. The first-order valence-electron chi connectivity index (χ1n) is 5.54. The second-order valence-corrected chi connectivity index (χ2v) is 5.84. The van der Waals surface area contributed by atoms with Crippen LogP contribution in [-0.2, 0) is 5.41 Å². The Morgan fingerprint density at radius 2 is 1.83 bits per heavy atom. The summed E-state index contributed by atoms with van der Waals surface area (Å²) in [6.07, 6.45) is 3.09. The first-order valence-corrected chi connectivity index (χ1v) is 6.29. The van der Waals surface area contributed by atoms with Gasteiger partial charge in [-0.15, -0.1) is 0 Å². The minimum Gasteiger partial charge on any atom is -0.432 e. The van der Waals surface area contributed by atoms with Crippen molar-refractivity contribution in [3.8, 4) is 0 Å². The van der Waals surface area contributed by atoms with Crippen LogP contribution in [0.1, 0.15) is 26.3 Å². The summed E-state index contributed by atoms with van der Waals surface area (Å²) in [6.45, 7) is 6.31. The first-order chi connectivity index (χ1) is 8.38. The largest absolute Gasteiger partial charge is 0.432 e.